The van der Waals surface area contributed by atoms with Crippen molar-refractivity contribution < 1.29 is 0 Å². The molecule has 0 saturated heterocycles. The number of hydrogen-bond acceptors (Lipinski definition) is 3. The van der Waals surface area contributed by atoms with Crippen LogP contribution in [0.2, 0.25) is 0 Å². The lowest BCUT2D eigenvalue weighted by atomic mass is 10.1. The van der Waals surface area contributed by atoms with Gasteiger partial charge in [0, 0.05) is 24.7 Å². The predicted octanol–water partition coefficient (Wildman–Crippen LogP) is 2.45. The van der Waals surface area contributed by atoms with Gasteiger partial charge in [0.05, 0.1) is 0 Å². The molecule has 0 aromatic rings. The Morgan fingerprint density at radius 3 is 2.20 bits per heavy atom. The number of nitrogens with one attached hydrogen (secondary N) is 1. The Labute approximate surface area is 100 Å². The van der Waals surface area contributed by atoms with Crippen LogP contribution in [-0.2, 0) is 0 Å². The fraction of sp³-hybridized carbons (Fsp3) is 1.00. The molecule has 3 heteroatoms. The minimum Gasteiger partial charge on any atom is -0.313 e. The Balaban J connectivity index is 3.79. The summed E-state index contributed by atoms with van der Waals surface area (Å²) in [4.78, 5) is 2.48. The number of nitrogens with zero attached hydrogens (tertiary/aromatic N) is 1. The lowest BCUT2D eigenvalue weighted by Crippen LogP contribution is -2.44. The van der Waals surface area contributed by atoms with Crippen molar-refractivity contribution in [2.75, 3.05) is 25.6 Å². The van der Waals surface area contributed by atoms with Crippen LogP contribution in [-0.4, -0.2) is 48.6 Å². The zero-order chi connectivity index (χ0) is 11.8. The SMILES string of the molecule is CSCCC(C)N(C)C(C)CNC(C)C. The summed E-state index contributed by atoms with van der Waals surface area (Å²) < 4.78 is 0. The van der Waals surface area contributed by atoms with E-state index in [1.165, 1.54) is 12.2 Å². The van der Waals surface area contributed by atoms with Crippen LogP contribution in [0.5, 0.6) is 0 Å². The zero-order valence-electron chi connectivity index (χ0n) is 11.2. The van der Waals surface area contributed by atoms with Crippen molar-refractivity contribution in [1.29, 1.82) is 0 Å². The molecule has 0 amide bonds. The highest BCUT2D eigenvalue weighted by Crippen LogP contribution is 2.08. The Hall–Kier alpha value is 0.270. The van der Waals surface area contributed by atoms with Gasteiger partial charge in [-0.3, -0.25) is 4.90 Å². The summed E-state index contributed by atoms with van der Waals surface area (Å²) in [7, 11) is 2.23. The van der Waals surface area contributed by atoms with Crippen molar-refractivity contribution in [1.82, 2.24) is 10.2 Å². The first-order chi connectivity index (χ1) is 6.99. The maximum Gasteiger partial charge on any atom is 0.0192 e. The van der Waals surface area contributed by atoms with Crippen molar-refractivity contribution in [2.45, 2.75) is 52.2 Å². The second kappa shape index (κ2) is 8.43. The Morgan fingerprint density at radius 2 is 1.73 bits per heavy atom. The minimum absolute atomic E-state index is 0.586. The number of hydrogen-bond donors (Lipinski definition) is 1. The van der Waals surface area contributed by atoms with Crippen LogP contribution in [0.3, 0.4) is 0 Å². The lowest BCUT2D eigenvalue weighted by Gasteiger charge is -2.31. The quantitative estimate of drug-likeness (QED) is 0.692. The first-order valence-corrected chi connectivity index (χ1v) is 7.32. The molecule has 1 N–H and O–H groups in total. The largest absolute Gasteiger partial charge is 0.313 e. The molecule has 0 bridgehead atoms. The summed E-state index contributed by atoms with van der Waals surface area (Å²) in [5, 5.41) is 3.49. The molecular formula is C12H28N2S. The van der Waals surface area contributed by atoms with Crippen LogP contribution in [0.25, 0.3) is 0 Å². The third kappa shape index (κ3) is 7.20. The summed E-state index contributed by atoms with van der Waals surface area (Å²) in [5.41, 5.74) is 0. The first-order valence-electron chi connectivity index (χ1n) is 5.93. The second-order valence-corrected chi connectivity index (χ2v) is 5.69. The van der Waals surface area contributed by atoms with E-state index in [1.807, 2.05) is 11.8 Å². The first kappa shape index (κ1) is 15.3. The number of likely N-dealkylation sites (N-methyl/N-ethyl adjacent to an activating group) is 1. The van der Waals surface area contributed by atoms with Gasteiger partial charge in [-0.25, -0.2) is 0 Å². The summed E-state index contributed by atoms with van der Waals surface area (Å²) in [5.74, 6) is 1.26. The van der Waals surface area contributed by atoms with Crippen LogP contribution in [0.1, 0.15) is 34.1 Å². The normalized spacial score (nSPS) is 16.0. The predicted molar refractivity (Wildman–Crippen MR) is 72.8 cm³/mol. The molecule has 15 heavy (non-hydrogen) atoms. The lowest BCUT2D eigenvalue weighted by molar-refractivity contribution is 0.186. The van der Waals surface area contributed by atoms with Crippen molar-refractivity contribution in [2.24, 2.45) is 0 Å². The molecule has 0 aliphatic rings. The maximum atomic E-state index is 3.49. The Morgan fingerprint density at radius 1 is 1.13 bits per heavy atom. The van der Waals surface area contributed by atoms with Gasteiger partial charge < -0.3 is 5.32 Å². The Bertz CT molecular complexity index is 151. The molecule has 0 saturated carbocycles. The average molecular weight is 232 g/mol. The molecule has 0 aromatic carbocycles. The molecule has 0 aliphatic heterocycles. The second-order valence-electron chi connectivity index (χ2n) is 4.71. The number of thioether (sulfide) groups is 1. The van der Waals surface area contributed by atoms with E-state index < -0.39 is 0 Å². The van der Waals surface area contributed by atoms with E-state index in [0.29, 0.717) is 18.1 Å². The van der Waals surface area contributed by atoms with Gasteiger partial charge in [0.15, 0.2) is 0 Å². The minimum atomic E-state index is 0.586. The van der Waals surface area contributed by atoms with Gasteiger partial charge in [-0.2, -0.15) is 11.8 Å². The van der Waals surface area contributed by atoms with Crippen LogP contribution >= 0.6 is 11.8 Å². The smallest absolute Gasteiger partial charge is 0.0192 e. The van der Waals surface area contributed by atoms with Gasteiger partial charge in [0.1, 0.15) is 0 Å². The molecular weight excluding hydrogens is 204 g/mol. The van der Waals surface area contributed by atoms with Gasteiger partial charge >= 0.3 is 0 Å². The van der Waals surface area contributed by atoms with Crippen molar-refractivity contribution in [3.05, 3.63) is 0 Å². The monoisotopic (exact) mass is 232 g/mol. The highest BCUT2D eigenvalue weighted by molar-refractivity contribution is 7.98. The van der Waals surface area contributed by atoms with Gasteiger partial charge in [-0.15, -0.1) is 0 Å². The van der Waals surface area contributed by atoms with Gasteiger partial charge in [0.2, 0.25) is 0 Å². The summed E-state index contributed by atoms with van der Waals surface area (Å²) >= 11 is 1.94. The third-order valence-electron chi connectivity index (χ3n) is 2.95. The molecule has 92 valence electrons. The third-order valence-corrected chi connectivity index (χ3v) is 3.60. The molecule has 0 radical (unpaired) electrons. The topological polar surface area (TPSA) is 15.3 Å². The molecule has 0 aliphatic carbocycles. The molecule has 0 fully saturated rings. The average Bonchev–Trinajstić information content (AvgIpc) is 2.21. The molecule has 2 unspecified atom stereocenters. The highest BCUT2D eigenvalue weighted by atomic mass is 32.2. The van der Waals surface area contributed by atoms with E-state index in [1.54, 1.807) is 0 Å². The van der Waals surface area contributed by atoms with E-state index in [-0.39, 0.29) is 0 Å². The maximum absolute atomic E-state index is 3.49. The van der Waals surface area contributed by atoms with E-state index in [0.717, 1.165) is 6.54 Å². The summed E-state index contributed by atoms with van der Waals surface area (Å²) in [6, 6.07) is 1.88. The van der Waals surface area contributed by atoms with Crippen molar-refractivity contribution in [3.8, 4) is 0 Å². The van der Waals surface area contributed by atoms with Crippen LogP contribution in [0.15, 0.2) is 0 Å². The van der Waals surface area contributed by atoms with E-state index >= 15 is 0 Å². The molecule has 0 spiro atoms. The number of rotatable bonds is 8. The van der Waals surface area contributed by atoms with Gasteiger partial charge in [-0.1, -0.05) is 13.8 Å². The van der Waals surface area contributed by atoms with Crippen LogP contribution < -0.4 is 5.32 Å². The van der Waals surface area contributed by atoms with Gasteiger partial charge in [-0.05, 0) is 39.3 Å². The fourth-order valence-electron chi connectivity index (χ4n) is 1.48. The summed E-state index contributed by atoms with van der Waals surface area (Å²) in [6.45, 7) is 10.1. The summed E-state index contributed by atoms with van der Waals surface area (Å²) in [6.07, 6.45) is 3.46. The van der Waals surface area contributed by atoms with Crippen molar-refractivity contribution in [3.63, 3.8) is 0 Å². The molecule has 2 atom stereocenters. The van der Waals surface area contributed by atoms with Crippen LogP contribution in [0.4, 0.5) is 0 Å². The van der Waals surface area contributed by atoms with E-state index in [4.69, 9.17) is 0 Å². The molecule has 0 heterocycles. The standard InChI is InChI=1S/C12H28N2S/c1-10(2)13-9-12(4)14(5)11(3)7-8-15-6/h10-13H,7-9H2,1-6H3. The van der Waals surface area contributed by atoms with Gasteiger partial charge in [0.25, 0.3) is 0 Å². The van der Waals surface area contributed by atoms with Crippen LogP contribution in [0, 0.1) is 0 Å². The highest BCUT2D eigenvalue weighted by Gasteiger charge is 2.15. The zero-order valence-corrected chi connectivity index (χ0v) is 12.0. The van der Waals surface area contributed by atoms with E-state index in [9.17, 15) is 0 Å². The Kier molecular flexibility index (Phi) is 8.58. The van der Waals surface area contributed by atoms with E-state index in [2.05, 4.69) is 51.2 Å². The molecule has 0 aromatic heterocycles. The van der Waals surface area contributed by atoms with Crippen molar-refractivity contribution >= 4 is 11.8 Å². The fourth-order valence-corrected chi connectivity index (χ4v) is 2.05. The molecule has 0 rings (SSSR count). The molecule has 2 nitrogen and oxygen atoms in total.